The van der Waals surface area contributed by atoms with Gasteiger partial charge in [0.05, 0.1) is 0 Å². The van der Waals surface area contributed by atoms with Crippen LogP contribution in [0.5, 0.6) is 0 Å². The van der Waals surface area contributed by atoms with E-state index in [1.54, 1.807) is 0 Å². The highest BCUT2D eigenvalue weighted by Crippen LogP contribution is 2.34. The van der Waals surface area contributed by atoms with E-state index in [9.17, 15) is 0 Å². The number of rotatable bonds is 1. The molecule has 0 heterocycles. The van der Waals surface area contributed by atoms with Crippen LogP contribution < -0.4 is 0 Å². The SMILES string of the molecule is CCc1cc2ccc3c[c]cc4ccc(c1)c2c34. The van der Waals surface area contributed by atoms with Crippen LogP contribution in [-0.4, -0.2) is 0 Å². The molecule has 0 spiro atoms. The van der Waals surface area contributed by atoms with Gasteiger partial charge in [0, 0.05) is 0 Å². The van der Waals surface area contributed by atoms with Gasteiger partial charge >= 0.3 is 0 Å². The molecule has 4 aromatic rings. The van der Waals surface area contributed by atoms with Gasteiger partial charge in [0.2, 0.25) is 0 Å². The molecular formula is C18H13. The summed E-state index contributed by atoms with van der Waals surface area (Å²) < 4.78 is 0. The van der Waals surface area contributed by atoms with E-state index in [0.29, 0.717) is 0 Å². The third-order valence-corrected chi connectivity index (χ3v) is 3.86. The summed E-state index contributed by atoms with van der Waals surface area (Å²) in [6, 6.07) is 20.9. The molecule has 0 bridgehead atoms. The summed E-state index contributed by atoms with van der Waals surface area (Å²) in [5, 5.41) is 8.06. The maximum atomic E-state index is 3.22. The Kier molecular flexibility index (Phi) is 1.90. The molecule has 85 valence electrons. The van der Waals surface area contributed by atoms with Gasteiger partial charge in [0.15, 0.2) is 0 Å². The van der Waals surface area contributed by atoms with Crippen molar-refractivity contribution >= 4 is 32.3 Å². The average Bonchev–Trinajstić information content (AvgIpc) is 2.44. The lowest BCUT2D eigenvalue weighted by Gasteiger charge is -2.11. The van der Waals surface area contributed by atoms with Gasteiger partial charge in [-0.1, -0.05) is 43.3 Å². The van der Waals surface area contributed by atoms with E-state index in [4.69, 9.17) is 0 Å². The smallest absolute Gasteiger partial charge is 0.00264 e. The van der Waals surface area contributed by atoms with E-state index in [0.717, 1.165) is 6.42 Å². The molecule has 0 heteroatoms. The van der Waals surface area contributed by atoms with Gasteiger partial charge in [-0.2, -0.15) is 0 Å². The van der Waals surface area contributed by atoms with Crippen molar-refractivity contribution in [2.24, 2.45) is 0 Å². The van der Waals surface area contributed by atoms with Crippen molar-refractivity contribution in [2.75, 3.05) is 0 Å². The topological polar surface area (TPSA) is 0 Å². The zero-order chi connectivity index (χ0) is 12.1. The maximum Gasteiger partial charge on any atom is -0.00264 e. The molecule has 0 fully saturated rings. The summed E-state index contributed by atoms with van der Waals surface area (Å²) in [5.41, 5.74) is 1.41. The van der Waals surface area contributed by atoms with Crippen LogP contribution in [0, 0.1) is 6.07 Å². The van der Waals surface area contributed by atoms with Crippen molar-refractivity contribution in [3.8, 4) is 0 Å². The maximum absolute atomic E-state index is 3.22. The fraction of sp³-hybridized carbons (Fsp3) is 0.111. The lowest BCUT2D eigenvalue weighted by Crippen LogP contribution is -1.86. The van der Waals surface area contributed by atoms with Crippen molar-refractivity contribution < 1.29 is 0 Å². The average molecular weight is 229 g/mol. The van der Waals surface area contributed by atoms with E-state index in [-0.39, 0.29) is 0 Å². The Hall–Kier alpha value is -2.08. The quantitative estimate of drug-likeness (QED) is 0.405. The van der Waals surface area contributed by atoms with Gasteiger partial charge in [-0.25, -0.2) is 0 Å². The van der Waals surface area contributed by atoms with E-state index < -0.39 is 0 Å². The lowest BCUT2D eigenvalue weighted by atomic mass is 9.92. The Labute approximate surface area is 106 Å². The third-order valence-electron chi connectivity index (χ3n) is 3.86. The van der Waals surface area contributed by atoms with Gasteiger partial charge < -0.3 is 0 Å². The Morgan fingerprint density at radius 3 is 1.83 bits per heavy atom. The summed E-state index contributed by atoms with van der Waals surface area (Å²) in [6.45, 7) is 2.21. The summed E-state index contributed by atoms with van der Waals surface area (Å²) in [6.07, 6.45) is 1.09. The molecule has 0 amide bonds. The molecule has 4 aromatic carbocycles. The molecule has 0 aliphatic rings. The zero-order valence-electron chi connectivity index (χ0n) is 10.3. The molecule has 1 radical (unpaired) electrons. The fourth-order valence-electron chi connectivity index (χ4n) is 2.95. The molecule has 0 aromatic heterocycles. The van der Waals surface area contributed by atoms with E-state index in [1.165, 1.54) is 37.9 Å². The minimum atomic E-state index is 1.09. The molecule has 4 rings (SSSR count). The van der Waals surface area contributed by atoms with Crippen molar-refractivity contribution in [3.63, 3.8) is 0 Å². The lowest BCUT2D eigenvalue weighted by molar-refractivity contribution is 1.15. The fourth-order valence-corrected chi connectivity index (χ4v) is 2.95. The standard InChI is InChI=1S/C18H13/c1-2-12-10-15-8-6-13-4-3-5-14-7-9-16(11-12)18(15)17(13)14/h4-11H,2H2,1H3. The first kappa shape index (κ1) is 9.90. The summed E-state index contributed by atoms with van der Waals surface area (Å²) in [4.78, 5) is 0. The van der Waals surface area contributed by atoms with Crippen molar-refractivity contribution in [3.05, 3.63) is 60.2 Å². The Morgan fingerprint density at radius 2 is 1.28 bits per heavy atom. The van der Waals surface area contributed by atoms with Crippen LogP contribution in [0.25, 0.3) is 32.3 Å². The Morgan fingerprint density at radius 1 is 0.778 bits per heavy atom. The van der Waals surface area contributed by atoms with Gasteiger partial charge in [-0.3, -0.25) is 0 Å². The van der Waals surface area contributed by atoms with Gasteiger partial charge in [-0.05, 0) is 62.5 Å². The highest BCUT2D eigenvalue weighted by Gasteiger charge is 2.08. The molecule has 0 N–H and O–H groups in total. The second kappa shape index (κ2) is 3.46. The van der Waals surface area contributed by atoms with Crippen LogP contribution in [0.1, 0.15) is 12.5 Å². The van der Waals surface area contributed by atoms with Crippen LogP contribution in [-0.2, 0) is 6.42 Å². The van der Waals surface area contributed by atoms with E-state index in [1.807, 2.05) is 0 Å². The number of benzene rings is 4. The first-order valence-corrected chi connectivity index (χ1v) is 6.44. The predicted octanol–water partition coefficient (Wildman–Crippen LogP) is 4.95. The normalized spacial score (nSPS) is 11.8. The van der Waals surface area contributed by atoms with E-state index >= 15 is 0 Å². The van der Waals surface area contributed by atoms with Gasteiger partial charge in [0.25, 0.3) is 0 Å². The molecule has 0 nitrogen and oxygen atoms in total. The molecular weight excluding hydrogens is 216 g/mol. The molecule has 0 saturated carbocycles. The van der Waals surface area contributed by atoms with Crippen LogP contribution >= 0.6 is 0 Å². The molecule has 0 aliphatic heterocycles. The third kappa shape index (κ3) is 1.20. The van der Waals surface area contributed by atoms with Gasteiger partial charge in [-0.15, -0.1) is 0 Å². The highest BCUT2D eigenvalue weighted by atomic mass is 14.1. The van der Waals surface area contributed by atoms with E-state index in [2.05, 4.69) is 61.5 Å². The first-order valence-electron chi connectivity index (χ1n) is 6.44. The number of aryl methyl sites for hydroxylation is 1. The molecule has 0 unspecified atom stereocenters. The molecule has 0 saturated heterocycles. The predicted molar refractivity (Wildman–Crippen MR) is 78.4 cm³/mol. The monoisotopic (exact) mass is 229 g/mol. The van der Waals surface area contributed by atoms with Gasteiger partial charge in [0.1, 0.15) is 0 Å². The summed E-state index contributed by atoms with van der Waals surface area (Å²) in [7, 11) is 0. The molecule has 0 atom stereocenters. The number of hydrogen-bond acceptors (Lipinski definition) is 0. The minimum absolute atomic E-state index is 1.09. The van der Waals surface area contributed by atoms with Crippen molar-refractivity contribution in [1.29, 1.82) is 0 Å². The van der Waals surface area contributed by atoms with Crippen LogP contribution in [0.3, 0.4) is 0 Å². The summed E-state index contributed by atoms with van der Waals surface area (Å²) in [5.74, 6) is 0. The summed E-state index contributed by atoms with van der Waals surface area (Å²) >= 11 is 0. The second-order valence-electron chi connectivity index (χ2n) is 4.91. The zero-order valence-corrected chi connectivity index (χ0v) is 10.3. The number of hydrogen-bond donors (Lipinski definition) is 0. The van der Waals surface area contributed by atoms with Crippen LogP contribution in [0.2, 0.25) is 0 Å². The Balaban J connectivity index is 2.35. The Bertz CT molecular complexity index is 792. The molecule has 0 aliphatic carbocycles. The largest absolute Gasteiger partial charge is 0.0613 e. The van der Waals surface area contributed by atoms with Crippen LogP contribution in [0.15, 0.2) is 48.5 Å². The van der Waals surface area contributed by atoms with Crippen LogP contribution in [0.4, 0.5) is 0 Å². The molecule has 18 heavy (non-hydrogen) atoms. The van der Waals surface area contributed by atoms with Crippen molar-refractivity contribution in [2.45, 2.75) is 13.3 Å². The first-order chi connectivity index (χ1) is 8.86. The second-order valence-corrected chi connectivity index (χ2v) is 4.91. The highest BCUT2D eigenvalue weighted by molar-refractivity contribution is 6.22. The minimum Gasteiger partial charge on any atom is -0.0613 e. The van der Waals surface area contributed by atoms with Crippen molar-refractivity contribution in [1.82, 2.24) is 0 Å².